The maximum Gasteiger partial charge on any atom is 0.401 e. The van der Waals surface area contributed by atoms with Crippen molar-refractivity contribution in [2.45, 2.75) is 39.0 Å². The monoisotopic (exact) mass is 388 g/mol. The van der Waals surface area contributed by atoms with Gasteiger partial charge in [-0.05, 0) is 38.0 Å². The minimum Gasteiger partial charge on any atom is -0.504 e. The van der Waals surface area contributed by atoms with Gasteiger partial charge in [0, 0.05) is 25.7 Å². The number of benzene rings is 1. The Morgan fingerprint density at radius 3 is 2.81 bits per heavy atom. The minimum absolute atomic E-state index is 0.0744. The maximum absolute atomic E-state index is 12.5. The Kier molecular flexibility index (Phi) is 7.58. The molecule has 1 aliphatic heterocycles. The third-order valence-electron chi connectivity index (χ3n) is 4.10. The number of aliphatic imine (C=N–C) groups is 1. The van der Waals surface area contributed by atoms with E-state index in [0.717, 1.165) is 5.56 Å². The molecule has 0 bridgehead atoms. The number of likely N-dealkylation sites (tertiary alicyclic amines) is 1. The number of rotatable bonds is 7. The van der Waals surface area contributed by atoms with Gasteiger partial charge < -0.3 is 20.5 Å². The van der Waals surface area contributed by atoms with E-state index in [1.54, 1.807) is 18.2 Å². The molecular weight excluding hydrogens is 361 g/mol. The number of nitrogens with zero attached hydrogens (tertiary/aromatic N) is 2. The SMILES string of the molecule is CCNC(=NCc1ccc(O)c(OCC)c1)NC1CCN(CC(F)(F)F)C1. The second-order valence-corrected chi connectivity index (χ2v) is 6.41. The number of hydrogen-bond donors (Lipinski definition) is 3. The lowest BCUT2D eigenvalue weighted by atomic mass is 10.2. The van der Waals surface area contributed by atoms with Gasteiger partial charge in [0.05, 0.1) is 19.7 Å². The normalized spacial score (nSPS) is 18.6. The first-order chi connectivity index (χ1) is 12.8. The zero-order valence-corrected chi connectivity index (χ0v) is 15.6. The third kappa shape index (κ3) is 7.16. The van der Waals surface area contributed by atoms with Crippen LogP contribution >= 0.6 is 0 Å². The quantitative estimate of drug-likeness (QED) is 0.495. The molecule has 27 heavy (non-hydrogen) atoms. The number of ether oxygens (including phenoxy) is 1. The van der Waals surface area contributed by atoms with Gasteiger partial charge in [0.15, 0.2) is 17.5 Å². The summed E-state index contributed by atoms with van der Waals surface area (Å²) in [6.07, 6.45) is -3.54. The largest absolute Gasteiger partial charge is 0.504 e. The van der Waals surface area contributed by atoms with Crippen molar-refractivity contribution in [1.82, 2.24) is 15.5 Å². The van der Waals surface area contributed by atoms with Crippen molar-refractivity contribution >= 4 is 5.96 Å². The van der Waals surface area contributed by atoms with Gasteiger partial charge in [-0.15, -0.1) is 0 Å². The van der Waals surface area contributed by atoms with Crippen LogP contribution in [0, 0.1) is 0 Å². The van der Waals surface area contributed by atoms with Crippen LogP contribution in [0.15, 0.2) is 23.2 Å². The number of phenolic OH excluding ortho intramolecular Hbond substituents is 1. The van der Waals surface area contributed by atoms with Gasteiger partial charge in [-0.1, -0.05) is 6.07 Å². The van der Waals surface area contributed by atoms with E-state index in [1.807, 2.05) is 13.8 Å². The molecule has 0 radical (unpaired) electrons. The van der Waals surface area contributed by atoms with Crippen molar-refractivity contribution in [3.8, 4) is 11.5 Å². The molecule has 1 atom stereocenters. The fourth-order valence-corrected chi connectivity index (χ4v) is 2.96. The summed E-state index contributed by atoms with van der Waals surface area (Å²) in [4.78, 5) is 5.89. The van der Waals surface area contributed by atoms with E-state index < -0.39 is 12.7 Å². The van der Waals surface area contributed by atoms with E-state index in [4.69, 9.17) is 4.74 Å². The molecule has 1 heterocycles. The van der Waals surface area contributed by atoms with Crippen LogP contribution < -0.4 is 15.4 Å². The zero-order valence-electron chi connectivity index (χ0n) is 15.6. The smallest absolute Gasteiger partial charge is 0.401 e. The molecular formula is C18H27F3N4O2. The van der Waals surface area contributed by atoms with Crippen LogP contribution in [0.3, 0.4) is 0 Å². The Balaban J connectivity index is 1.96. The molecule has 1 saturated heterocycles. The molecule has 0 saturated carbocycles. The summed E-state index contributed by atoms with van der Waals surface area (Å²) in [5, 5.41) is 16.1. The molecule has 1 aliphatic rings. The number of hydrogen-bond acceptors (Lipinski definition) is 4. The van der Waals surface area contributed by atoms with Crippen molar-refractivity contribution in [1.29, 1.82) is 0 Å². The van der Waals surface area contributed by atoms with Crippen LogP contribution in [0.5, 0.6) is 11.5 Å². The molecule has 9 heteroatoms. The standard InChI is InChI=1S/C18H27F3N4O2/c1-3-22-17(24-14-7-8-25(11-14)12-18(19,20)21)23-10-13-5-6-15(26)16(9-13)27-4-2/h5-6,9,14,26H,3-4,7-8,10-12H2,1-2H3,(H2,22,23,24). The van der Waals surface area contributed by atoms with Gasteiger partial charge in [-0.2, -0.15) is 13.2 Å². The first kappa shape index (κ1) is 21.1. The molecule has 0 aromatic heterocycles. The van der Waals surface area contributed by atoms with Crippen LogP contribution in [0.4, 0.5) is 13.2 Å². The summed E-state index contributed by atoms with van der Waals surface area (Å²) in [5.41, 5.74) is 0.860. The van der Waals surface area contributed by atoms with Gasteiger partial charge in [0.1, 0.15) is 0 Å². The van der Waals surface area contributed by atoms with E-state index in [1.165, 1.54) is 4.90 Å². The minimum atomic E-state index is -4.18. The zero-order chi connectivity index (χ0) is 19.9. The van der Waals surface area contributed by atoms with Gasteiger partial charge in [0.25, 0.3) is 0 Å². The average molecular weight is 388 g/mol. The highest BCUT2D eigenvalue weighted by Gasteiger charge is 2.34. The van der Waals surface area contributed by atoms with Crippen LogP contribution in [0.1, 0.15) is 25.8 Å². The highest BCUT2D eigenvalue weighted by Crippen LogP contribution is 2.27. The van der Waals surface area contributed by atoms with Crippen molar-refractivity contribution < 1.29 is 23.0 Å². The topological polar surface area (TPSA) is 69.1 Å². The predicted octanol–water partition coefficient (Wildman–Crippen LogP) is 2.48. The third-order valence-corrected chi connectivity index (χ3v) is 4.10. The molecule has 2 rings (SSSR count). The lowest BCUT2D eigenvalue weighted by Gasteiger charge is -2.19. The Hall–Kier alpha value is -2.16. The molecule has 0 spiro atoms. The van der Waals surface area contributed by atoms with Gasteiger partial charge in [-0.25, -0.2) is 4.99 Å². The maximum atomic E-state index is 12.5. The molecule has 0 aliphatic carbocycles. The molecule has 1 aromatic rings. The summed E-state index contributed by atoms with van der Waals surface area (Å²) in [6, 6.07) is 4.96. The number of guanidine groups is 1. The van der Waals surface area contributed by atoms with E-state index >= 15 is 0 Å². The first-order valence-corrected chi connectivity index (χ1v) is 9.09. The van der Waals surface area contributed by atoms with Crippen LogP contribution in [-0.2, 0) is 6.54 Å². The summed E-state index contributed by atoms with van der Waals surface area (Å²) in [7, 11) is 0. The number of aromatic hydroxyl groups is 1. The predicted molar refractivity (Wildman–Crippen MR) is 98.1 cm³/mol. The summed E-state index contributed by atoms with van der Waals surface area (Å²) < 4.78 is 42.9. The van der Waals surface area contributed by atoms with Crippen LogP contribution in [-0.4, -0.2) is 61.0 Å². The Labute approximate surface area is 157 Å². The van der Waals surface area contributed by atoms with Crippen LogP contribution in [0.2, 0.25) is 0 Å². The molecule has 1 aromatic carbocycles. The summed E-state index contributed by atoms with van der Waals surface area (Å²) >= 11 is 0. The van der Waals surface area contributed by atoms with Crippen molar-refractivity contribution in [3.05, 3.63) is 23.8 Å². The van der Waals surface area contributed by atoms with E-state index in [2.05, 4.69) is 15.6 Å². The summed E-state index contributed by atoms with van der Waals surface area (Å²) in [6.45, 7) is 5.06. The van der Waals surface area contributed by atoms with Gasteiger partial charge in [0.2, 0.25) is 0 Å². The molecule has 152 valence electrons. The fourth-order valence-electron chi connectivity index (χ4n) is 2.96. The lowest BCUT2D eigenvalue weighted by Crippen LogP contribution is -2.45. The number of nitrogens with one attached hydrogen (secondary N) is 2. The van der Waals surface area contributed by atoms with E-state index in [9.17, 15) is 18.3 Å². The fraction of sp³-hybridized carbons (Fsp3) is 0.611. The molecule has 0 amide bonds. The van der Waals surface area contributed by atoms with Gasteiger partial charge >= 0.3 is 6.18 Å². The second kappa shape index (κ2) is 9.68. The molecule has 6 nitrogen and oxygen atoms in total. The van der Waals surface area contributed by atoms with Crippen molar-refractivity contribution in [2.24, 2.45) is 4.99 Å². The molecule has 3 N–H and O–H groups in total. The van der Waals surface area contributed by atoms with Crippen molar-refractivity contribution in [3.63, 3.8) is 0 Å². The van der Waals surface area contributed by atoms with Crippen molar-refractivity contribution in [2.75, 3.05) is 32.8 Å². The van der Waals surface area contributed by atoms with E-state index in [0.29, 0.717) is 50.9 Å². The van der Waals surface area contributed by atoms with Gasteiger partial charge in [-0.3, -0.25) is 4.90 Å². The number of phenols is 1. The molecule has 1 fully saturated rings. The Morgan fingerprint density at radius 2 is 2.15 bits per heavy atom. The molecule has 1 unspecified atom stereocenters. The summed E-state index contributed by atoms with van der Waals surface area (Å²) in [5.74, 6) is 1.04. The highest BCUT2D eigenvalue weighted by atomic mass is 19.4. The highest BCUT2D eigenvalue weighted by molar-refractivity contribution is 5.80. The average Bonchev–Trinajstić information content (AvgIpc) is 3.00. The second-order valence-electron chi connectivity index (χ2n) is 6.41. The Bertz CT molecular complexity index is 638. The number of halogens is 3. The Morgan fingerprint density at radius 1 is 1.37 bits per heavy atom. The lowest BCUT2D eigenvalue weighted by molar-refractivity contribution is -0.143. The van der Waals surface area contributed by atoms with Crippen LogP contribution in [0.25, 0.3) is 0 Å². The number of alkyl halides is 3. The first-order valence-electron chi connectivity index (χ1n) is 9.09. The van der Waals surface area contributed by atoms with E-state index in [-0.39, 0.29) is 11.8 Å².